The third-order valence-corrected chi connectivity index (χ3v) is 6.75. The second kappa shape index (κ2) is 7.72. The monoisotopic (exact) mass is 510 g/mol. The highest BCUT2D eigenvalue weighted by atomic mass is 127. The van der Waals surface area contributed by atoms with Gasteiger partial charge in [-0.25, -0.2) is 0 Å². The lowest BCUT2D eigenvalue weighted by molar-refractivity contribution is 0.364. The molecule has 2 heteroatoms. The van der Waals surface area contributed by atoms with Crippen LogP contribution >= 0.6 is 38.5 Å². The zero-order chi connectivity index (χ0) is 18.2. The molecule has 0 nitrogen and oxygen atoms in total. The average molecular weight is 511 g/mol. The fourth-order valence-corrected chi connectivity index (χ4v) is 5.03. The van der Waals surface area contributed by atoms with E-state index in [1.165, 1.54) is 44.9 Å². The molecule has 0 aliphatic heterocycles. The molecule has 0 saturated carbocycles. The number of hydrogen-bond donors (Lipinski definition) is 0. The Labute approximate surface area is 175 Å². The van der Waals surface area contributed by atoms with E-state index in [1.807, 2.05) is 0 Å². The smallest absolute Gasteiger partial charge is 0.0216 e. The van der Waals surface area contributed by atoms with Crippen LogP contribution in [-0.4, -0.2) is 0 Å². The number of benzene rings is 2. The normalized spacial score (nSPS) is 14.9. The summed E-state index contributed by atoms with van der Waals surface area (Å²) < 4.78 is 2.55. The van der Waals surface area contributed by atoms with Crippen molar-refractivity contribution in [1.29, 1.82) is 0 Å². The van der Waals surface area contributed by atoms with E-state index in [9.17, 15) is 0 Å². The molecule has 0 atom stereocenters. The van der Waals surface area contributed by atoms with Gasteiger partial charge in [-0.15, -0.1) is 0 Å². The molecule has 25 heavy (non-hydrogen) atoms. The molecule has 0 aromatic heterocycles. The second-order valence-electron chi connectivity index (χ2n) is 8.33. The number of rotatable bonds is 6. The molecule has 3 rings (SSSR count). The summed E-state index contributed by atoms with van der Waals surface area (Å²) in [4.78, 5) is 0. The third kappa shape index (κ3) is 3.85. The zero-order valence-electron chi connectivity index (χ0n) is 15.7. The van der Waals surface area contributed by atoms with Crippen LogP contribution in [0.25, 0.3) is 11.1 Å². The van der Waals surface area contributed by atoms with Crippen LogP contribution in [0.15, 0.2) is 40.9 Å². The minimum atomic E-state index is 0.171. The molecule has 0 bridgehead atoms. The topological polar surface area (TPSA) is 0 Å². The van der Waals surface area contributed by atoms with E-state index in [-0.39, 0.29) is 5.41 Å². The number of halogens is 2. The van der Waals surface area contributed by atoms with Gasteiger partial charge in [0.1, 0.15) is 0 Å². The van der Waals surface area contributed by atoms with Gasteiger partial charge >= 0.3 is 0 Å². The Balaban J connectivity index is 2.20. The van der Waals surface area contributed by atoms with Crippen molar-refractivity contribution >= 4 is 38.5 Å². The summed E-state index contributed by atoms with van der Waals surface area (Å²) in [7, 11) is 0. The summed E-state index contributed by atoms with van der Waals surface area (Å²) in [5.74, 6) is 1.47. The summed E-state index contributed by atoms with van der Waals surface area (Å²) in [6.45, 7) is 9.40. The second-order valence-corrected chi connectivity index (χ2v) is 10.5. The van der Waals surface area contributed by atoms with E-state index in [0.717, 1.165) is 11.8 Å². The van der Waals surface area contributed by atoms with E-state index < -0.39 is 0 Å². The van der Waals surface area contributed by atoms with Gasteiger partial charge in [-0.1, -0.05) is 55.8 Å². The predicted octanol–water partition coefficient (Wildman–Crippen LogP) is 8.19. The molecule has 1 aliphatic carbocycles. The maximum atomic E-state index is 3.73. The number of hydrogen-bond acceptors (Lipinski definition) is 0. The van der Waals surface area contributed by atoms with Crippen LogP contribution in [0.5, 0.6) is 0 Å². The highest BCUT2D eigenvalue weighted by Gasteiger charge is 2.42. The standard InChI is InChI=1S/C23H28BrI/c1-15(2)9-11-23(12-10-16(3)4)21-13-17(24)5-7-19(21)20-8-6-18(25)14-22(20)23/h5-8,13-16H,9-12H2,1-4H3. The third-order valence-electron chi connectivity index (χ3n) is 5.58. The van der Waals surface area contributed by atoms with Gasteiger partial charge in [0.2, 0.25) is 0 Å². The van der Waals surface area contributed by atoms with Gasteiger partial charge in [-0.2, -0.15) is 0 Å². The first-order valence-electron chi connectivity index (χ1n) is 9.44. The lowest BCUT2D eigenvalue weighted by Gasteiger charge is -2.34. The van der Waals surface area contributed by atoms with Gasteiger partial charge in [-0.05, 0) is 107 Å². The van der Waals surface area contributed by atoms with Gasteiger partial charge < -0.3 is 0 Å². The Morgan fingerprint density at radius 3 is 1.92 bits per heavy atom. The van der Waals surface area contributed by atoms with Gasteiger partial charge in [-0.3, -0.25) is 0 Å². The van der Waals surface area contributed by atoms with E-state index in [1.54, 1.807) is 11.1 Å². The van der Waals surface area contributed by atoms with Crippen molar-refractivity contribution < 1.29 is 0 Å². The molecular weight excluding hydrogens is 483 g/mol. The molecule has 0 spiro atoms. The first-order chi connectivity index (χ1) is 11.8. The Morgan fingerprint density at radius 1 is 0.840 bits per heavy atom. The molecule has 0 heterocycles. The highest BCUT2D eigenvalue weighted by molar-refractivity contribution is 14.1. The first kappa shape index (κ1) is 19.4. The predicted molar refractivity (Wildman–Crippen MR) is 121 cm³/mol. The molecule has 2 aromatic carbocycles. The average Bonchev–Trinajstić information content (AvgIpc) is 2.80. The SMILES string of the molecule is CC(C)CCC1(CCC(C)C)c2cc(Br)ccc2-c2ccc(I)cc21. The van der Waals surface area contributed by atoms with E-state index in [2.05, 4.69) is 103 Å². The largest absolute Gasteiger partial charge is 0.0628 e. The van der Waals surface area contributed by atoms with Crippen molar-refractivity contribution in [3.05, 3.63) is 55.6 Å². The lowest BCUT2D eigenvalue weighted by Crippen LogP contribution is -2.27. The summed E-state index contributed by atoms with van der Waals surface area (Å²) in [5, 5.41) is 0. The minimum absolute atomic E-state index is 0.171. The Hall–Kier alpha value is -0.350. The molecule has 0 fully saturated rings. The van der Waals surface area contributed by atoms with Crippen LogP contribution in [-0.2, 0) is 5.41 Å². The quantitative estimate of drug-likeness (QED) is 0.343. The van der Waals surface area contributed by atoms with Crippen molar-refractivity contribution in [2.24, 2.45) is 11.8 Å². The summed E-state index contributed by atoms with van der Waals surface area (Å²) in [6.07, 6.45) is 5.03. The van der Waals surface area contributed by atoms with Crippen LogP contribution in [0, 0.1) is 15.4 Å². The fourth-order valence-electron chi connectivity index (χ4n) is 4.17. The summed E-state index contributed by atoms with van der Waals surface area (Å²) in [5.41, 5.74) is 6.18. The van der Waals surface area contributed by atoms with E-state index >= 15 is 0 Å². The van der Waals surface area contributed by atoms with Crippen molar-refractivity contribution in [2.45, 2.75) is 58.8 Å². The van der Waals surface area contributed by atoms with Crippen LogP contribution in [0.4, 0.5) is 0 Å². The van der Waals surface area contributed by atoms with Gasteiger partial charge in [0.25, 0.3) is 0 Å². The van der Waals surface area contributed by atoms with Crippen LogP contribution in [0.2, 0.25) is 0 Å². The van der Waals surface area contributed by atoms with Crippen molar-refractivity contribution in [1.82, 2.24) is 0 Å². The molecule has 0 saturated heterocycles. The molecule has 0 unspecified atom stereocenters. The fraction of sp³-hybridized carbons (Fsp3) is 0.478. The molecular formula is C23H28BrI. The summed E-state index contributed by atoms with van der Waals surface area (Å²) >= 11 is 6.20. The highest BCUT2D eigenvalue weighted by Crippen LogP contribution is 2.55. The van der Waals surface area contributed by atoms with Gasteiger partial charge in [0.15, 0.2) is 0 Å². The maximum Gasteiger partial charge on any atom is 0.0216 e. The van der Waals surface area contributed by atoms with Crippen molar-refractivity contribution in [2.75, 3.05) is 0 Å². The maximum absolute atomic E-state index is 3.73. The van der Waals surface area contributed by atoms with Crippen molar-refractivity contribution in [3.8, 4) is 11.1 Å². The molecule has 0 radical (unpaired) electrons. The van der Waals surface area contributed by atoms with Crippen LogP contribution in [0.3, 0.4) is 0 Å². The Kier molecular flexibility index (Phi) is 5.99. The van der Waals surface area contributed by atoms with Crippen LogP contribution < -0.4 is 0 Å². The van der Waals surface area contributed by atoms with Gasteiger partial charge in [0.05, 0.1) is 0 Å². The van der Waals surface area contributed by atoms with Crippen LogP contribution in [0.1, 0.15) is 64.5 Å². The Bertz CT molecular complexity index is 695. The van der Waals surface area contributed by atoms with Crippen molar-refractivity contribution in [3.63, 3.8) is 0 Å². The zero-order valence-corrected chi connectivity index (χ0v) is 19.4. The molecule has 0 N–H and O–H groups in total. The lowest BCUT2D eigenvalue weighted by atomic mass is 9.69. The molecule has 2 aromatic rings. The number of fused-ring (bicyclic) bond motifs is 3. The first-order valence-corrected chi connectivity index (χ1v) is 11.3. The molecule has 1 aliphatic rings. The summed E-state index contributed by atoms with van der Waals surface area (Å²) in [6, 6.07) is 14.0. The van der Waals surface area contributed by atoms with E-state index in [0.29, 0.717) is 0 Å². The minimum Gasteiger partial charge on any atom is -0.0628 e. The molecule has 0 amide bonds. The van der Waals surface area contributed by atoms with Gasteiger partial charge in [0, 0.05) is 13.5 Å². The van der Waals surface area contributed by atoms with E-state index in [4.69, 9.17) is 0 Å². The molecule has 134 valence electrons. The Morgan fingerprint density at radius 2 is 1.36 bits per heavy atom.